The van der Waals surface area contributed by atoms with E-state index in [1.807, 2.05) is 0 Å². The number of nitrogens with two attached hydrogens (primary N) is 2. The molecule has 0 radical (unpaired) electrons. The van der Waals surface area contributed by atoms with Gasteiger partial charge in [-0.05, 0) is 48.6 Å². The minimum Gasteiger partial charge on any atom is -0.370 e. The number of hydrogen-bond donors (Lipinski definition) is 2. The maximum absolute atomic E-state index is 11.9. The van der Waals surface area contributed by atoms with Gasteiger partial charge in [-0.1, -0.05) is 6.07 Å². The van der Waals surface area contributed by atoms with Gasteiger partial charge in [0.2, 0.25) is 0 Å². The minimum absolute atomic E-state index is 0.230. The zero-order valence-electron chi connectivity index (χ0n) is 11.7. The van der Waals surface area contributed by atoms with Crippen LogP contribution < -0.4 is 11.5 Å². The Morgan fingerprint density at radius 3 is 2.57 bits per heavy atom. The molecule has 0 aliphatic heterocycles. The predicted octanol–water partition coefficient (Wildman–Crippen LogP) is 0.610. The molecule has 21 heavy (non-hydrogen) atoms. The van der Waals surface area contributed by atoms with Crippen LogP contribution in [0.25, 0.3) is 6.08 Å². The fourth-order valence-corrected chi connectivity index (χ4v) is 2.91. The van der Waals surface area contributed by atoms with Gasteiger partial charge in [-0.25, -0.2) is 8.42 Å². The molecule has 112 valence electrons. The van der Waals surface area contributed by atoms with E-state index in [4.69, 9.17) is 11.5 Å². The van der Waals surface area contributed by atoms with E-state index in [1.54, 1.807) is 24.3 Å². The van der Waals surface area contributed by atoms with Crippen LogP contribution in [-0.2, 0) is 21.1 Å². The number of aryl methyl sites for hydroxylation is 1. The number of nitrogens with zero attached hydrogens (tertiary/aromatic N) is 1. The molecule has 0 atom stereocenters. The van der Waals surface area contributed by atoms with E-state index in [2.05, 4.69) is 4.99 Å². The van der Waals surface area contributed by atoms with Crippen molar-refractivity contribution in [2.45, 2.75) is 24.2 Å². The maximum Gasteiger partial charge on any atom is 0.276 e. The number of guanidine groups is 1. The van der Waals surface area contributed by atoms with Crippen LogP contribution in [0.4, 0.5) is 0 Å². The molecule has 0 aromatic heterocycles. The molecular weight excluding hydrogens is 290 g/mol. The summed E-state index contributed by atoms with van der Waals surface area (Å²) in [5, 5.41) is 0. The minimum atomic E-state index is -3.29. The Labute approximate surface area is 123 Å². The third-order valence-electron chi connectivity index (χ3n) is 3.27. The largest absolute Gasteiger partial charge is 0.370 e. The summed E-state index contributed by atoms with van der Waals surface area (Å²) in [4.78, 5) is 15.7. The van der Waals surface area contributed by atoms with E-state index in [-0.39, 0.29) is 10.9 Å². The van der Waals surface area contributed by atoms with Gasteiger partial charge in [-0.2, -0.15) is 4.99 Å². The van der Waals surface area contributed by atoms with E-state index in [9.17, 15) is 13.2 Å². The zero-order valence-corrected chi connectivity index (χ0v) is 12.5. The smallest absolute Gasteiger partial charge is 0.276 e. The van der Waals surface area contributed by atoms with Gasteiger partial charge in [0.05, 0.1) is 4.90 Å². The molecule has 1 aliphatic rings. The molecular formula is C14H17N3O3S. The van der Waals surface area contributed by atoms with Gasteiger partial charge < -0.3 is 11.5 Å². The topological polar surface area (TPSA) is 116 Å². The van der Waals surface area contributed by atoms with Gasteiger partial charge in [-0.3, -0.25) is 4.79 Å². The van der Waals surface area contributed by atoms with Gasteiger partial charge in [0.25, 0.3) is 5.91 Å². The molecule has 1 amide bonds. The van der Waals surface area contributed by atoms with Crippen LogP contribution in [0.15, 0.2) is 33.7 Å². The molecule has 7 heteroatoms. The van der Waals surface area contributed by atoms with Crippen LogP contribution in [0.2, 0.25) is 0 Å². The second kappa shape index (κ2) is 5.69. The van der Waals surface area contributed by atoms with E-state index in [0.717, 1.165) is 30.2 Å². The lowest BCUT2D eigenvalue weighted by Gasteiger charge is -2.06. The van der Waals surface area contributed by atoms with Crippen LogP contribution in [0, 0.1) is 0 Å². The molecule has 0 unspecified atom stereocenters. The van der Waals surface area contributed by atoms with Crippen LogP contribution in [0.1, 0.15) is 24.0 Å². The van der Waals surface area contributed by atoms with Crippen molar-refractivity contribution in [3.8, 4) is 0 Å². The van der Waals surface area contributed by atoms with E-state index in [1.165, 1.54) is 0 Å². The Morgan fingerprint density at radius 2 is 1.95 bits per heavy atom. The lowest BCUT2D eigenvalue weighted by atomic mass is 10.0. The van der Waals surface area contributed by atoms with Crippen molar-refractivity contribution < 1.29 is 13.2 Å². The Hall–Kier alpha value is -2.15. The summed E-state index contributed by atoms with van der Waals surface area (Å²) in [5.41, 5.74) is 12.6. The summed E-state index contributed by atoms with van der Waals surface area (Å²) >= 11 is 0. The summed E-state index contributed by atoms with van der Waals surface area (Å²) in [6.07, 6.45) is 4.93. The molecule has 0 saturated carbocycles. The first kappa shape index (κ1) is 15.2. The SMILES string of the molecule is CS(=O)(=O)c1ccc2c(c1)C=C(C(=O)N=C(N)N)CCC2. The quantitative estimate of drug-likeness (QED) is 0.613. The van der Waals surface area contributed by atoms with Crippen molar-refractivity contribution in [3.05, 3.63) is 34.9 Å². The molecule has 1 aromatic rings. The molecule has 0 bridgehead atoms. The highest BCUT2D eigenvalue weighted by atomic mass is 32.2. The molecule has 0 fully saturated rings. The van der Waals surface area contributed by atoms with Crippen molar-refractivity contribution in [1.29, 1.82) is 0 Å². The predicted molar refractivity (Wildman–Crippen MR) is 81.3 cm³/mol. The highest BCUT2D eigenvalue weighted by Gasteiger charge is 2.16. The lowest BCUT2D eigenvalue weighted by Crippen LogP contribution is -2.24. The average molecular weight is 307 g/mol. The average Bonchev–Trinajstić information content (AvgIpc) is 2.57. The van der Waals surface area contributed by atoms with Crippen molar-refractivity contribution >= 4 is 27.8 Å². The Kier molecular flexibility index (Phi) is 4.13. The number of benzene rings is 1. The Morgan fingerprint density at radius 1 is 1.24 bits per heavy atom. The number of rotatable bonds is 2. The summed E-state index contributed by atoms with van der Waals surface area (Å²) in [5.74, 6) is -0.761. The van der Waals surface area contributed by atoms with Crippen LogP contribution >= 0.6 is 0 Å². The summed E-state index contributed by atoms with van der Waals surface area (Å²) in [6, 6.07) is 4.96. The third kappa shape index (κ3) is 3.69. The summed E-state index contributed by atoms with van der Waals surface area (Å²) in [6.45, 7) is 0. The maximum atomic E-state index is 11.9. The summed E-state index contributed by atoms with van der Waals surface area (Å²) < 4.78 is 23.2. The van der Waals surface area contributed by atoms with E-state index < -0.39 is 15.7 Å². The number of sulfone groups is 1. The van der Waals surface area contributed by atoms with Gasteiger partial charge in [0, 0.05) is 11.8 Å². The molecule has 0 heterocycles. The summed E-state index contributed by atoms with van der Waals surface area (Å²) in [7, 11) is -3.29. The Balaban J connectivity index is 2.49. The number of carbonyl (C=O) groups is 1. The molecule has 2 rings (SSSR count). The van der Waals surface area contributed by atoms with E-state index >= 15 is 0 Å². The number of amides is 1. The first-order chi connectivity index (χ1) is 9.77. The normalized spacial score (nSPS) is 14.6. The number of aliphatic imine (C=N–C) groups is 1. The second-order valence-corrected chi connectivity index (χ2v) is 7.01. The number of fused-ring (bicyclic) bond motifs is 1. The monoisotopic (exact) mass is 307 g/mol. The zero-order chi connectivity index (χ0) is 15.6. The molecule has 0 saturated heterocycles. The fourth-order valence-electron chi connectivity index (χ4n) is 2.25. The first-order valence-electron chi connectivity index (χ1n) is 6.45. The van der Waals surface area contributed by atoms with Crippen molar-refractivity contribution in [1.82, 2.24) is 0 Å². The highest BCUT2D eigenvalue weighted by molar-refractivity contribution is 7.90. The number of hydrogen-bond acceptors (Lipinski definition) is 3. The van der Waals surface area contributed by atoms with Crippen molar-refractivity contribution in [2.75, 3.05) is 6.26 Å². The number of carbonyl (C=O) groups excluding carboxylic acids is 1. The van der Waals surface area contributed by atoms with Gasteiger partial charge >= 0.3 is 0 Å². The lowest BCUT2D eigenvalue weighted by molar-refractivity contribution is -0.114. The molecule has 6 nitrogen and oxygen atoms in total. The first-order valence-corrected chi connectivity index (χ1v) is 8.34. The van der Waals surface area contributed by atoms with E-state index in [0.29, 0.717) is 12.0 Å². The molecule has 4 N–H and O–H groups in total. The fraction of sp³-hybridized carbons (Fsp3) is 0.286. The Bertz CT molecular complexity index is 745. The van der Waals surface area contributed by atoms with Crippen molar-refractivity contribution in [2.24, 2.45) is 16.5 Å². The van der Waals surface area contributed by atoms with Gasteiger partial charge in [-0.15, -0.1) is 0 Å². The molecule has 1 aromatic carbocycles. The van der Waals surface area contributed by atoms with Crippen LogP contribution in [0.3, 0.4) is 0 Å². The third-order valence-corrected chi connectivity index (χ3v) is 4.38. The van der Waals surface area contributed by atoms with Gasteiger partial charge in [0.1, 0.15) is 0 Å². The van der Waals surface area contributed by atoms with Gasteiger partial charge in [0.15, 0.2) is 15.8 Å². The second-order valence-electron chi connectivity index (χ2n) is 5.00. The van der Waals surface area contributed by atoms with Crippen LogP contribution in [0.5, 0.6) is 0 Å². The molecule has 1 aliphatic carbocycles. The molecule has 0 spiro atoms. The van der Waals surface area contributed by atoms with Crippen LogP contribution in [-0.4, -0.2) is 26.5 Å². The van der Waals surface area contributed by atoms with Crippen molar-refractivity contribution in [3.63, 3.8) is 0 Å². The highest BCUT2D eigenvalue weighted by Crippen LogP contribution is 2.26. The standard InChI is InChI=1S/C14H17N3O3S/c1-21(19,20)12-6-5-9-3-2-4-10(7-11(9)8-12)13(18)17-14(15)16/h5-8H,2-4H2,1H3,(H4,15,16,17,18).